The Bertz CT molecular complexity index is 676. The van der Waals surface area contributed by atoms with Crippen LogP contribution >= 0.6 is 11.3 Å². The molecule has 1 heterocycles. The molecule has 20 heavy (non-hydrogen) atoms. The number of hydrogen-bond acceptors (Lipinski definition) is 3. The first-order chi connectivity index (χ1) is 9.88. The van der Waals surface area contributed by atoms with E-state index in [1.54, 1.807) is 11.3 Å². The molecule has 2 nitrogen and oxygen atoms in total. The van der Waals surface area contributed by atoms with Gasteiger partial charge in [0.25, 0.3) is 0 Å². The molecule has 102 valence electrons. The summed E-state index contributed by atoms with van der Waals surface area (Å²) in [6, 6.07) is 15.3. The van der Waals surface area contributed by atoms with Crippen molar-refractivity contribution in [3.63, 3.8) is 0 Å². The molecule has 1 unspecified atom stereocenters. The average molecular weight is 282 g/mol. The first-order valence-corrected chi connectivity index (χ1v) is 7.88. The highest BCUT2D eigenvalue weighted by Crippen LogP contribution is 2.26. The number of aromatic nitrogens is 1. The molecule has 1 atom stereocenters. The van der Waals surface area contributed by atoms with Crippen LogP contribution in [0.3, 0.4) is 0 Å². The fourth-order valence-corrected chi connectivity index (χ4v) is 3.14. The molecule has 0 saturated heterocycles. The summed E-state index contributed by atoms with van der Waals surface area (Å²) < 4.78 is 0. The van der Waals surface area contributed by atoms with E-state index in [4.69, 9.17) is 0 Å². The van der Waals surface area contributed by atoms with Gasteiger partial charge in [-0.3, -0.25) is 0 Å². The number of hydrogen-bond donors (Lipinski definition) is 1. The van der Waals surface area contributed by atoms with E-state index in [2.05, 4.69) is 59.7 Å². The molecule has 0 amide bonds. The fraction of sp³-hybridized carbons (Fsp3) is 0.235. The van der Waals surface area contributed by atoms with Crippen molar-refractivity contribution in [1.29, 1.82) is 0 Å². The van der Waals surface area contributed by atoms with Gasteiger partial charge in [-0.25, -0.2) is 4.98 Å². The Kier molecular flexibility index (Phi) is 4.09. The molecule has 1 aromatic heterocycles. The maximum atomic E-state index is 4.48. The Balaban J connectivity index is 1.99. The highest BCUT2D eigenvalue weighted by atomic mass is 32.1. The molecule has 2 aromatic carbocycles. The van der Waals surface area contributed by atoms with Gasteiger partial charge in [0, 0.05) is 11.6 Å². The Hall–Kier alpha value is -1.71. The maximum absolute atomic E-state index is 4.48. The van der Waals surface area contributed by atoms with Crippen LogP contribution in [0.4, 0.5) is 0 Å². The summed E-state index contributed by atoms with van der Waals surface area (Å²) in [5.41, 5.74) is 1.28. The van der Waals surface area contributed by atoms with Crippen molar-refractivity contribution in [3.8, 4) is 0 Å². The number of rotatable bonds is 5. The van der Waals surface area contributed by atoms with Gasteiger partial charge in [-0.15, -0.1) is 11.3 Å². The van der Waals surface area contributed by atoms with Crippen LogP contribution in [0.2, 0.25) is 0 Å². The van der Waals surface area contributed by atoms with Gasteiger partial charge in [-0.05, 0) is 35.4 Å². The van der Waals surface area contributed by atoms with Gasteiger partial charge in [0.2, 0.25) is 0 Å². The van der Waals surface area contributed by atoms with Crippen molar-refractivity contribution in [1.82, 2.24) is 10.3 Å². The van der Waals surface area contributed by atoms with Crippen LogP contribution in [-0.4, -0.2) is 11.5 Å². The lowest BCUT2D eigenvalue weighted by Crippen LogP contribution is -2.23. The van der Waals surface area contributed by atoms with Crippen molar-refractivity contribution in [2.24, 2.45) is 0 Å². The lowest BCUT2D eigenvalue weighted by Gasteiger charge is -2.17. The van der Waals surface area contributed by atoms with E-state index in [1.165, 1.54) is 16.3 Å². The summed E-state index contributed by atoms with van der Waals surface area (Å²) in [4.78, 5) is 4.48. The van der Waals surface area contributed by atoms with Crippen molar-refractivity contribution in [3.05, 3.63) is 64.6 Å². The Labute approximate surface area is 123 Å². The van der Waals surface area contributed by atoms with Crippen molar-refractivity contribution in [2.75, 3.05) is 6.54 Å². The van der Waals surface area contributed by atoms with Crippen LogP contribution in [0.5, 0.6) is 0 Å². The summed E-state index contributed by atoms with van der Waals surface area (Å²) in [5.74, 6) is 0. The zero-order valence-corrected chi connectivity index (χ0v) is 12.4. The number of fused-ring (bicyclic) bond motifs is 1. The normalized spacial score (nSPS) is 12.7. The molecule has 0 saturated carbocycles. The summed E-state index contributed by atoms with van der Waals surface area (Å²) in [6.45, 7) is 3.18. The first kappa shape index (κ1) is 13.3. The molecule has 3 aromatic rings. The van der Waals surface area contributed by atoms with Gasteiger partial charge < -0.3 is 5.32 Å². The van der Waals surface area contributed by atoms with Crippen LogP contribution in [-0.2, 0) is 0 Å². The average Bonchev–Trinajstić information content (AvgIpc) is 3.02. The van der Waals surface area contributed by atoms with Gasteiger partial charge in [0.05, 0.1) is 6.04 Å². The minimum absolute atomic E-state index is 0.194. The predicted octanol–water partition coefficient (Wildman–Crippen LogP) is 4.39. The minimum atomic E-state index is 0.194. The van der Waals surface area contributed by atoms with Gasteiger partial charge in [0.1, 0.15) is 5.01 Å². The lowest BCUT2D eigenvalue weighted by molar-refractivity contribution is 0.596. The number of benzene rings is 2. The number of nitrogens with one attached hydrogen (secondary N) is 1. The molecular formula is C17H18N2S. The number of nitrogens with zero attached hydrogens (tertiary/aromatic N) is 1. The Morgan fingerprint density at radius 1 is 1.15 bits per heavy atom. The van der Waals surface area contributed by atoms with E-state index in [0.29, 0.717) is 0 Å². The first-order valence-electron chi connectivity index (χ1n) is 7.00. The molecule has 0 spiro atoms. The second kappa shape index (κ2) is 6.16. The lowest BCUT2D eigenvalue weighted by atomic mass is 10.0. The monoisotopic (exact) mass is 282 g/mol. The quantitative estimate of drug-likeness (QED) is 0.751. The van der Waals surface area contributed by atoms with Gasteiger partial charge in [-0.2, -0.15) is 0 Å². The van der Waals surface area contributed by atoms with Gasteiger partial charge >= 0.3 is 0 Å². The third-order valence-corrected chi connectivity index (χ3v) is 4.24. The predicted molar refractivity (Wildman–Crippen MR) is 86.2 cm³/mol. The zero-order valence-electron chi connectivity index (χ0n) is 11.5. The molecule has 0 aliphatic rings. The zero-order chi connectivity index (χ0) is 13.8. The molecule has 0 radical (unpaired) electrons. The summed E-state index contributed by atoms with van der Waals surface area (Å²) in [6.07, 6.45) is 3.00. The summed E-state index contributed by atoms with van der Waals surface area (Å²) in [5, 5.41) is 9.34. The van der Waals surface area contributed by atoms with E-state index in [-0.39, 0.29) is 6.04 Å². The van der Waals surface area contributed by atoms with E-state index >= 15 is 0 Å². The van der Waals surface area contributed by atoms with Crippen LogP contribution in [0.25, 0.3) is 10.8 Å². The Morgan fingerprint density at radius 2 is 2.00 bits per heavy atom. The van der Waals surface area contributed by atoms with Crippen molar-refractivity contribution in [2.45, 2.75) is 19.4 Å². The van der Waals surface area contributed by atoms with E-state index < -0.39 is 0 Å². The fourth-order valence-electron chi connectivity index (χ4n) is 2.40. The van der Waals surface area contributed by atoms with E-state index in [1.807, 2.05) is 11.6 Å². The van der Waals surface area contributed by atoms with E-state index in [0.717, 1.165) is 18.0 Å². The third kappa shape index (κ3) is 2.74. The SMILES string of the molecule is CCCNC(c1ccc2ccccc2c1)c1nccs1. The largest absolute Gasteiger partial charge is 0.304 e. The molecule has 0 fully saturated rings. The van der Waals surface area contributed by atoms with Crippen LogP contribution in [0.1, 0.15) is 30.0 Å². The van der Waals surface area contributed by atoms with Crippen molar-refractivity contribution < 1.29 is 0 Å². The molecule has 0 aliphatic heterocycles. The Morgan fingerprint density at radius 3 is 2.75 bits per heavy atom. The molecule has 3 rings (SSSR count). The van der Waals surface area contributed by atoms with E-state index in [9.17, 15) is 0 Å². The van der Waals surface area contributed by atoms with Gasteiger partial charge in [0.15, 0.2) is 0 Å². The summed E-state index contributed by atoms with van der Waals surface area (Å²) >= 11 is 1.71. The standard InChI is InChI=1S/C17H18N2S/c1-2-9-18-16(17-19-10-11-20-17)15-8-7-13-5-3-4-6-14(13)12-15/h3-8,10-12,16,18H,2,9H2,1H3. The maximum Gasteiger partial charge on any atom is 0.114 e. The van der Waals surface area contributed by atoms with Crippen LogP contribution in [0.15, 0.2) is 54.0 Å². The molecule has 0 aliphatic carbocycles. The topological polar surface area (TPSA) is 24.9 Å². The highest BCUT2D eigenvalue weighted by Gasteiger charge is 2.15. The highest BCUT2D eigenvalue weighted by molar-refractivity contribution is 7.09. The second-order valence-electron chi connectivity index (χ2n) is 4.86. The summed E-state index contributed by atoms with van der Waals surface area (Å²) in [7, 11) is 0. The molecule has 0 bridgehead atoms. The smallest absolute Gasteiger partial charge is 0.114 e. The van der Waals surface area contributed by atoms with Crippen LogP contribution < -0.4 is 5.32 Å². The van der Waals surface area contributed by atoms with Crippen molar-refractivity contribution >= 4 is 22.1 Å². The second-order valence-corrected chi connectivity index (χ2v) is 5.79. The van der Waals surface area contributed by atoms with Gasteiger partial charge in [-0.1, -0.05) is 43.3 Å². The number of thiazole rings is 1. The minimum Gasteiger partial charge on any atom is -0.304 e. The third-order valence-electron chi connectivity index (χ3n) is 3.40. The van der Waals surface area contributed by atoms with Crippen LogP contribution in [0, 0.1) is 0 Å². The molecule has 1 N–H and O–H groups in total. The molecular weight excluding hydrogens is 264 g/mol. The molecule has 3 heteroatoms.